The number of nitrogens with zero attached hydrogens (tertiary/aromatic N) is 5. The van der Waals surface area contributed by atoms with Crippen molar-refractivity contribution in [2.45, 2.75) is 20.8 Å². The van der Waals surface area contributed by atoms with Gasteiger partial charge in [0.2, 0.25) is 17.1 Å². The van der Waals surface area contributed by atoms with Crippen LogP contribution in [0.25, 0.3) is 77.5 Å². The van der Waals surface area contributed by atoms with Gasteiger partial charge in [-0.1, -0.05) is 39.9 Å². The van der Waals surface area contributed by atoms with Gasteiger partial charge in [0.1, 0.15) is 0 Å². The van der Waals surface area contributed by atoms with E-state index < -0.39 is 0 Å². The molecule has 0 spiro atoms. The average molecular weight is 895 g/mol. The Morgan fingerprint density at radius 2 is 0.982 bits per heavy atom. The van der Waals surface area contributed by atoms with E-state index in [1.165, 1.54) is 0 Å². The van der Waals surface area contributed by atoms with E-state index in [1.807, 2.05) is 142 Å². The SMILES string of the molecule is Cc1ccc2c(n1)oc1c(-c3ccccn3)[c-]ccc12.Cc1ccc2c(n1)oc1c[c-]ccc12.Cc1ccc2c(n1)oc1c[c-]ccc12.[Ir+3].c1ccncc1. The fourth-order valence-electron chi connectivity index (χ4n) is 6.01. The van der Waals surface area contributed by atoms with Crippen LogP contribution in [0.2, 0.25) is 0 Å². The molecule has 11 aromatic rings. The first-order valence-electron chi connectivity index (χ1n) is 17.3. The van der Waals surface area contributed by atoms with Crippen LogP contribution < -0.4 is 0 Å². The summed E-state index contributed by atoms with van der Waals surface area (Å²) in [5.41, 5.74) is 9.19. The van der Waals surface area contributed by atoms with Gasteiger partial charge in [-0.25, -0.2) is 15.0 Å². The summed E-state index contributed by atoms with van der Waals surface area (Å²) in [6, 6.07) is 48.2. The third kappa shape index (κ3) is 8.04. The molecule has 11 rings (SSSR count). The van der Waals surface area contributed by atoms with Gasteiger partial charge in [0, 0.05) is 63.0 Å². The maximum absolute atomic E-state index is 5.94. The molecule has 0 radical (unpaired) electrons. The van der Waals surface area contributed by atoms with E-state index in [-0.39, 0.29) is 20.1 Å². The largest absolute Gasteiger partial charge is 3.00 e. The van der Waals surface area contributed by atoms with Crippen LogP contribution in [0.3, 0.4) is 0 Å². The van der Waals surface area contributed by atoms with Crippen LogP contribution in [0, 0.1) is 39.0 Å². The Kier molecular flexibility index (Phi) is 11.1. The summed E-state index contributed by atoms with van der Waals surface area (Å²) in [6.45, 7) is 5.87. The maximum atomic E-state index is 5.94. The minimum absolute atomic E-state index is 0. The molecule has 8 nitrogen and oxygen atoms in total. The number of benzene rings is 3. The number of aryl methyl sites for hydroxylation is 3. The van der Waals surface area contributed by atoms with E-state index in [2.05, 4.69) is 43.1 Å². The molecule has 3 aromatic carbocycles. The summed E-state index contributed by atoms with van der Waals surface area (Å²) in [7, 11) is 0. The molecule has 268 valence electrons. The minimum atomic E-state index is 0. The van der Waals surface area contributed by atoms with Gasteiger partial charge >= 0.3 is 20.1 Å². The van der Waals surface area contributed by atoms with Gasteiger partial charge in [-0.15, -0.1) is 30.3 Å². The molecule has 0 aliphatic carbocycles. The van der Waals surface area contributed by atoms with Crippen molar-refractivity contribution in [3.63, 3.8) is 0 Å². The molecule has 0 aliphatic rings. The Morgan fingerprint density at radius 1 is 0.473 bits per heavy atom. The third-order valence-electron chi connectivity index (χ3n) is 8.57. The van der Waals surface area contributed by atoms with Crippen LogP contribution in [0.4, 0.5) is 0 Å². The van der Waals surface area contributed by atoms with Crippen molar-refractivity contribution < 1.29 is 33.4 Å². The summed E-state index contributed by atoms with van der Waals surface area (Å²) >= 11 is 0. The van der Waals surface area contributed by atoms with Crippen LogP contribution in [0.1, 0.15) is 17.1 Å². The molecule has 8 heterocycles. The fraction of sp³-hybridized carbons (Fsp3) is 0.0652. The van der Waals surface area contributed by atoms with Crippen molar-refractivity contribution in [1.82, 2.24) is 24.9 Å². The Morgan fingerprint density at radius 3 is 1.47 bits per heavy atom. The zero-order chi connectivity index (χ0) is 36.9. The molecule has 0 saturated carbocycles. The molecule has 0 N–H and O–H groups in total. The third-order valence-corrected chi connectivity index (χ3v) is 8.57. The Bertz CT molecular complexity index is 2860. The summed E-state index contributed by atoms with van der Waals surface area (Å²) in [4.78, 5) is 21.3. The molecule has 0 saturated heterocycles. The van der Waals surface area contributed by atoms with Crippen LogP contribution >= 0.6 is 0 Å². The Balaban J connectivity index is 0.000000119. The predicted molar refractivity (Wildman–Crippen MR) is 213 cm³/mol. The standard InChI is InChI=1S/C17H11N2O.2C12H8NO.C5H5N.Ir/c1-11-8-9-13-12-5-4-6-14(15-7-2-3-10-18-15)16(12)20-17(13)19-11;2*1-8-6-7-10-9-4-2-3-5-11(9)14-12(10)13-8;1-2-4-6-5-3-1;/h2-5,7-10H,1H3;2*2,4-7H,1H3;1-5H;/q3*-1;;+3. The monoisotopic (exact) mass is 895 g/mol. The van der Waals surface area contributed by atoms with E-state index in [9.17, 15) is 0 Å². The quantitative estimate of drug-likeness (QED) is 0.150. The number of rotatable bonds is 1. The van der Waals surface area contributed by atoms with Gasteiger partial charge in [-0.05, 0) is 81.1 Å². The van der Waals surface area contributed by atoms with E-state index in [0.29, 0.717) is 17.1 Å². The van der Waals surface area contributed by atoms with Gasteiger partial charge < -0.3 is 18.2 Å². The zero-order valence-electron chi connectivity index (χ0n) is 30.1. The van der Waals surface area contributed by atoms with Gasteiger partial charge in [0.25, 0.3) is 0 Å². The number of aromatic nitrogens is 5. The molecule has 0 bridgehead atoms. The van der Waals surface area contributed by atoms with Crippen LogP contribution in [0.5, 0.6) is 0 Å². The Labute approximate surface area is 330 Å². The molecule has 0 amide bonds. The summed E-state index contributed by atoms with van der Waals surface area (Å²) in [5.74, 6) is 0. The van der Waals surface area contributed by atoms with Crippen molar-refractivity contribution in [3.8, 4) is 11.3 Å². The molecule has 55 heavy (non-hydrogen) atoms. The van der Waals surface area contributed by atoms with Gasteiger partial charge in [-0.3, -0.25) is 4.98 Å². The first-order chi connectivity index (χ1) is 26.5. The van der Waals surface area contributed by atoms with Gasteiger partial charge in [-0.2, -0.15) is 36.4 Å². The molecule has 8 aromatic heterocycles. The Hall–Kier alpha value is -6.54. The first kappa shape index (κ1) is 36.8. The second-order valence-electron chi connectivity index (χ2n) is 12.4. The molecule has 0 aliphatic heterocycles. The summed E-state index contributed by atoms with van der Waals surface area (Å²) < 4.78 is 17.1. The summed E-state index contributed by atoms with van der Waals surface area (Å²) in [6.07, 6.45) is 5.27. The molecule has 0 atom stereocenters. The average Bonchev–Trinajstić information content (AvgIpc) is 3.89. The van der Waals surface area contributed by atoms with Crippen molar-refractivity contribution in [2.24, 2.45) is 0 Å². The van der Waals surface area contributed by atoms with E-state index in [1.54, 1.807) is 18.6 Å². The second-order valence-corrected chi connectivity index (χ2v) is 12.4. The maximum Gasteiger partial charge on any atom is 3.00 e. The van der Waals surface area contributed by atoms with Gasteiger partial charge in [0.05, 0.1) is 5.58 Å². The van der Waals surface area contributed by atoms with Crippen molar-refractivity contribution in [1.29, 1.82) is 0 Å². The smallest absolute Gasteiger partial charge is 0.502 e. The molecule has 0 unspecified atom stereocenters. The number of furan rings is 3. The number of hydrogen-bond donors (Lipinski definition) is 0. The number of fused-ring (bicyclic) bond motifs is 9. The van der Waals surface area contributed by atoms with Crippen LogP contribution in [-0.2, 0) is 20.1 Å². The summed E-state index contributed by atoms with van der Waals surface area (Å²) in [5, 5.41) is 6.42. The molecule has 0 fully saturated rings. The number of hydrogen-bond acceptors (Lipinski definition) is 8. The predicted octanol–water partition coefficient (Wildman–Crippen LogP) is 11.4. The first-order valence-corrected chi connectivity index (χ1v) is 17.3. The van der Waals surface area contributed by atoms with Crippen molar-refractivity contribution >= 4 is 66.2 Å². The fourth-order valence-corrected chi connectivity index (χ4v) is 6.01. The van der Waals surface area contributed by atoms with Crippen molar-refractivity contribution in [2.75, 3.05) is 0 Å². The second kappa shape index (κ2) is 16.6. The topological polar surface area (TPSA) is 104 Å². The molecular formula is C46H32IrN5O3. The zero-order valence-corrected chi connectivity index (χ0v) is 32.5. The van der Waals surface area contributed by atoms with Crippen molar-refractivity contribution in [3.05, 3.63) is 175 Å². The molecule has 9 heteroatoms. The van der Waals surface area contributed by atoms with E-state index >= 15 is 0 Å². The normalized spacial score (nSPS) is 10.7. The van der Waals surface area contributed by atoms with Gasteiger partial charge in [0.15, 0.2) is 0 Å². The van der Waals surface area contributed by atoms with E-state index in [4.69, 9.17) is 13.3 Å². The van der Waals surface area contributed by atoms with E-state index in [0.717, 1.165) is 77.4 Å². The van der Waals surface area contributed by atoms with Crippen LogP contribution in [-0.4, -0.2) is 24.9 Å². The minimum Gasteiger partial charge on any atom is -0.502 e. The number of pyridine rings is 5. The van der Waals surface area contributed by atoms with Crippen LogP contribution in [0.15, 0.2) is 153 Å². The molecular weight excluding hydrogens is 863 g/mol.